The molecule has 2 aromatic rings. The highest BCUT2D eigenvalue weighted by Crippen LogP contribution is 2.14. The lowest BCUT2D eigenvalue weighted by Crippen LogP contribution is -2.24. The number of nitrogens with zero attached hydrogens (tertiary/aromatic N) is 1. The molecule has 0 radical (unpaired) electrons. The zero-order chi connectivity index (χ0) is 16.2. The molecule has 0 aliphatic heterocycles. The van der Waals surface area contributed by atoms with E-state index in [0.717, 1.165) is 11.1 Å². The summed E-state index contributed by atoms with van der Waals surface area (Å²) >= 11 is 0. The molecule has 0 aliphatic rings. The smallest absolute Gasteiger partial charge is 0.258 e. The van der Waals surface area contributed by atoms with Crippen LogP contribution in [0.3, 0.4) is 0 Å². The van der Waals surface area contributed by atoms with Gasteiger partial charge in [-0.15, -0.1) is 0 Å². The summed E-state index contributed by atoms with van der Waals surface area (Å²) in [6.45, 7) is 2.18. The number of sulfonamides is 1. The Hall–Kier alpha value is -2.25. The van der Waals surface area contributed by atoms with Gasteiger partial charge in [-0.3, -0.25) is 10.1 Å². The van der Waals surface area contributed by atoms with Crippen molar-refractivity contribution in [3.05, 3.63) is 75.3 Å². The highest BCUT2D eigenvalue weighted by Gasteiger charge is 2.12. The van der Waals surface area contributed by atoms with Crippen molar-refractivity contribution in [1.29, 1.82) is 0 Å². The molecule has 0 aliphatic carbocycles. The first-order chi connectivity index (χ1) is 10.4. The van der Waals surface area contributed by atoms with Crippen molar-refractivity contribution in [2.24, 2.45) is 0 Å². The maximum absolute atomic E-state index is 12.0. The van der Waals surface area contributed by atoms with Crippen molar-refractivity contribution < 1.29 is 13.3 Å². The zero-order valence-corrected chi connectivity index (χ0v) is 12.8. The van der Waals surface area contributed by atoms with Crippen molar-refractivity contribution in [2.45, 2.75) is 19.2 Å². The molecule has 0 saturated carbocycles. The number of nitro benzene ring substituents is 1. The van der Waals surface area contributed by atoms with E-state index in [9.17, 15) is 18.5 Å². The molecule has 0 aromatic heterocycles. The lowest BCUT2D eigenvalue weighted by molar-refractivity contribution is -0.384. The molecular weight excluding hydrogens is 304 g/mol. The van der Waals surface area contributed by atoms with Crippen LogP contribution in [0, 0.1) is 17.0 Å². The molecule has 6 nitrogen and oxygen atoms in total. The van der Waals surface area contributed by atoms with E-state index in [4.69, 9.17) is 0 Å². The van der Waals surface area contributed by atoms with Crippen LogP contribution in [0.15, 0.2) is 48.5 Å². The Morgan fingerprint density at radius 3 is 2.09 bits per heavy atom. The quantitative estimate of drug-likeness (QED) is 0.654. The number of non-ortho nitro benzene ring substituents is 1. The van der Waals surface area contributed by atoms with Crippen LogP contribution in [0.25, 0.3) is 0 Å². The molecule has 0 atom stereocenters. The van der Waals surface area contributed by atoms with Crippen LogP contribution >= 0.6 is 0 Å². The van der Waals surface area contributed by atoms with Gasteiger partial charge in [-0.25, -0.2) is 13.1 Å². The second kappa shape index (κ2) is 6.67. The topological polar surface area (TPSA) is 89.3 Å². The average Bonchev–Trinajstić information content (AvgIpc) is 2.47. The fraction of sp³-hybridized carbons (Fsp3) is 0.200. The van der Waals surface area contributed by atoms with E-state index in [2.05, 4.69) is 4.72 Å². The van der Waals surface area contributed by atoms with Gasteiger partial charge in [-0.05, 0) is 18.1 Å². The van der Waals surface area contributed by atoms with Gasteiger partial charge in [-0.2, -0.15) is 0 Å². The van der Waals surface area contributed by atoms with E-state index in [1.807, 2.05) is 31.2 Å². The first-order valence-electron chi connectivity index (χ1n) is 6.62. The van der Waals surface area contributed by atoms with Crippen LogP contribution < -0.4 is 4.72 Å². The zero-order valence-electron chi connectivity index (χ0n) is 12.0. The van der Waals surface area contributed by atoms with Gasteiger partial charge in [0.2, 0.25) is 10.0 Å². The van der Waals surface area contributed by atoms with Crippen molar-refractivity contribution in [1.82, 2.24) is 4.72 Å². The number of nitro groups is 1. The van der Waals surface area contributed by atoms with E-state index < -0.39 is 14.9 Å². The maximum atomic E-state index is 12.0. The number of hydrogen-bond acceptors (Lipinski definition) is 4. The Kier molecular flexibility index (Phi) is 4.89. The van der Waals surface area contributed by atoms with Gasteiger partial charge in [0.1, 0.15) is 0 Å². The first kappa shape index (κ1) is 16.1. The SMILES string of the molecule is Cc1ccc(CNS(=O)(=O)Cc2ccc([N+](=O)[O-])cc2)cc1. The van der Waals surface area contributed by atoms with Gasteiger partial charge in [0.15, 0.2) is 0 Å². The number of hydrogen-bond donors (Lipinski definition) is 1. The number of benzene rings is 2. The van der Waals surface area contributed by atoms with Gasteiger partial charge in [-0.1, -0.05) is 42.0 Å². The summed E-state index contributed by atoms with van der Waals surface area (Å²) in [6, 6.07) is 13.1. The monoisotopic (exact) mass is 320 g/mol. The molecule has 1 N–H and O–H groups in total. The van der Waals surface area contributed by atoms with Crippen LogP contribution in [-0.4, -0.2) is 13.3 Å². The van der Waals surface area contributed by atoms with Crippen LogP contribution in [-0.2, 0) is 22.3 Å². The molecule has 0 unspecified atom stereocenters. The van der Waals surface area contributed by atoms with Crippen molar-refractivity contribution >= 4 is 15.7 Å². The molecule has 0 heterocycles. The molecule has 0 spiro atoms. The Balaban J connectivity index is 1.98. The normalized spacial score (nSPS) is 11.3. The molecule has 2 rings (SSSR count). The molecule has 0 fully saturated rings. The summed E-state index contributed by atoms with van der Waals surface area (Å²) in [5.41, 5.74) is 2.42. The standard InChI is InChI=1S/C15H16N2O4S/c1-12-2-4-13(5-3-12)10-16-22(20,21)11-14-6-8-15(9-7-14)17(18)19/h2-9,16H,10-11H2,1H3. The van der Waals surface area contributed by atoms with E-state index in [1.54, 1.807) is 0 Å². The highest BCUT2D eigenvalue weighted by atomic mass is 32.2. The van der Waals surface area contributed by atoms with Crippen LogP contribution in [0.2, 0.25) is 0 Å². The summed E-state index contributed by atoms with van der Waals surface area (Å²) in [5, 5.41) is 10.6. The summed E-state index contributed by atoms with van der Waals surface area (Å²) < 4.78 is 26.5. The van der Waals surface area contributed by atoms with Crippen LogP contribution in [0.1, 0.15) is 16.7 Å². The molecule has 2 aromatic carbocycles. The third-order valence-electron chi connectivity index (χ3n) is 3.12. The Morgan fingerprint density at radius 1 is 1.00 bits per heavy atom. The van der Waals surface area contributed by atoms with E-state index >= 15 is 0 Å². The minimum Gasteiger partial charge on any atom is -0.258 e. The molecule has 0 amide bonds. The molecule has 7 heteroatoms. The van der Waals surface area contributed by atoms with Gasteiger partial charge in [0.05, 0.1) is 10.7 Å². The third-order valence-corrected chi connectivity index (χ3v) is 4.42. The van der Waals surface area contributed by atoms with Crippen LogP contribution in [0.5, 0.6) is 0 Å². The van der Waals surface area contributed by atoms with Gasteiger partial charge >= 0.3 is 0 Å². The lowest BCUT2D eigenvalue weighted by Gasteiger charge is -2.07. The van der Waals surface area contributed by atoms with Crippen molar-refractivity contribution in [3.63, 3.8) is 0 Å². The van der Waals surface area contributed by atoms with Crippen molar-refractivity contribution in [2.75, 3.05) is 0 Å². The molecule has 0 bridgehead atoms. The fourth-order valence-electron chi connectivity index (χ4n) is 1.88. The van der Waals surface area contributed by atoms with E-state index in [0.29, 0.717) is 5.56 Å². The van der Waals surface area contributed by atoms with Crippen LogP contribution in [0.4, 0.5) is 5.69 Å². The van der Waals surface area contributed by atoms with Gasteiger partial charge in [0, 0.05) is 18.7 Å². The summed E-state index contributed by atoms with van der Waals surface area (Å²) in [6.07, 6.45) is 0. The predicted molar refractivity (Wildman–Crippen MR) is 83.7 cm³/mol. The van der Waals surface area contributed by atoms with Gasteiger partial charge < -0.3 is 0 Å². The third kappa shape index (κ3) is 4.64. The molecule has 116 valence electrons. The Labute approximate surface area is 129 Å². The molecular formula is C15H16N2O4S. The predicted octanol–water partition coefficient (Wildman–Crippen LogP) is 2.52. The molecule has 22 heavy (non-hydrogen) atoms. The Morgan fingerprint density at radius 2 is 1.55 bits per heavy atom. The second-order valence-corrected chi connectivity index (χ2v) is 6.80. The Bertz CT molecular complexity index is 753. The second-order valence-electron chi connectivity index (χ2n) is 4.99. The average molecular weight is 320 g/mol. The van der Waals surface area contributed by atoms with Gasteiger partial charge in [0.25, 0.3) is 5.69 Å². The van der Waals surface area contributed by atoms with E-state index in [-0.39, 0.29) is 18.0 Å². The first-order valence-corrected chi connectivity index (χ1v) is 8.27. The highest BCUT2D eigenvalue weighted by molar-refractivity contribution is 7.88. The summed E-state index contributed by atoms with van der Waals surface area (Å²) in [4.78, 5) is 10.0. The number of rotatable bonds is 6. The minimum atomic E-state index is -3.50. The summed E-state index contributed by atoms with van der Waals surface area (Å²) in [5.74, 6) is -0.211. The van der Waals surface area contributed by atoms with E-state index in [1.165, 1.54) is 24.3 Å². The lowest BCUT2D eigenvalue weighted by atomic mass is 10.2. The number of nitrogens with one attached hydrogen (secondary N) is 1. The molecule has 0 saturated heterocycles. The largest absolute Gasteiger partial charge is 0.269 e. The summed E-state index contributed by atoms with van der Waals surface area (Å²) in [7, 11) is -3.50. The van der Waals surface area contributed by atoms with Crippen molar-refractivity contribution in [3.8, 4) is 0 Å². The number of aryl methyl sites for hydroxylation is 1. The maximum Gasteiger partial charge on any atom is 0.269 e. The fourth-order valence-corrected chi connectivity index (χ4v) is 3.00. The minimum absolute atomic E-state index is 0.0613.